The minimum Gasteiger partial charge on any atom is -0.508 e. The van der Waals surface area contributed by atoms with Crippen molar-refractivity contribution >= 4 is 17.6 Å². The molecule has 0 bridgehead atoms. The summed E-state index contributed by atoms with van der Waals surface area (Å²) in [5, 5.41) is 35.0. The first kappa shape index (κ1) is 17.7. The fourth-order valence-electron chi connectivity index (χ4n) is 2.39. The molecule has 1 aromatic carbocycles. The third-order valence-electron chi connectivity index (χ3n) is 4.01. The van der Waals surface area contributed by atoms with E-state index in [-0.39, 0.29) is 23.4 Å². The molecular weight excluding hydrogens is 316 g/mol. The maximum atomic E-state index is 12.8. The molecule has 0 spiro atoms. The predicted octanol–water partition coefficient (Wildman–Crippen LogP) is 1.21. The second-order valence-electron chi connectivity index (χ2n) is 6.60. The Balaban J connectivity index is 2.51. The van der Waals surface area contributed by atoms with Gasteiger partial charge in [-0.3, -0.25) is 4.79 Å². The molecule has 1 aliphatic rings. The van der Waals surface area contributed by atoms with Gasteiger partial charge in [0.25, 0.3) is 5.91 Å². The van der Waals surface area contributed by atoms with Crippen LogP contribution in [0.2, 0.25) is 0 Å². The lowest BCUT2D eigenvalue weighted by molar-refractivity contribution is -0.144. The summed E-state index contributed by atoms with van der Waals surface area (Å²) in [6.45, 7) is 5.08. The summed E-state index contributed by atoms with van der Waals surface area (Å²) >= 11 is 0. The van der Waals surface area contributed by atoms with Gasteiger partial charge in [0.2, 0.25) is 0 Å². The van der Waals surface area contributed by atoms with Crippen molar-refractivity contribution < 1.29 is 29.6 Å². The van der Waals surface area contributed by atoms with E-state index in [2.05, 4.69) is 9.84 Å². The largest absolute Gasteiger partial charge is 0.508 e. The molecule has 1 unspecified atom stereocenters. The molecule has 130 valence electrons. The zero-order chi connectivity index (χ0) is 18.3. The minimum atomic E-state index is -1.78. The number of benzene rings is 1. The molecule has 0 radical (unpaired) electrons. The predicted molar refractivity (Wildman–Crippen MR) is 84.4 cm³/mol. The maximum Gasteiger partial charge on any atom is 0.354 e. The zero-order valence-electron chi connectivity index (χ0n) is 13.9. The summed E-state index contributed by atoms with van der Waals surface area (Å²) in [5.41, 5.74) is -2.88. The van der Waals surface area contributed by atoms with Crippen molar-refractivity contribution in [2.45, 2.75) is 32.9 Å². The summed E-state index contributed by atoms with van der Waals surface area (Å²) in [5.74, 6) is -2.22. The Morgan fingerprint density at radius 2 is 1.92 bits per heavy atom. The van der Waals surface area contributed by atoms with Gasteiger partial charge in [-0.1, -0.05) is 20.8 Å². The quantitative estimate of drug-likeness (QED) is 0.698. The molecule has 0 aliphatic carbocycles. The van der Waals surface area contributed by atoms with Gasteiger partial charge in [0.1, 0.15) is 11.5 Å². The van der Waals surface area contributed by atoms with E-state index in [9.17, 15) is 24.9 Å². The first-order valence-corrected chi connectivity index (χ1v) is 7.26. The highest BCUT2D eigenvalue weighted by atomic mass is 16.5. The van der Waals surface area contributed by atoms with E-state index < -0.39 is 28.8 Å². The SMILES string of the molecule is COC(=O)C1=NN(C(=O)c2ccc(O)cc2O)C(O)(C(C)(C)C)C1. The van der Waals surface area contributed by atoms with Crippen molar-refractivity contribution in [3.8, 4) is 11.5 Å². The second-order valence-corrected chi connectivity index (χ2v) is 6.60. The van der Waals surface area contributed by atoms with Crippen LogP contribution in [0.1, 0.15) is 37.6 Å². The van der Waals surface area contributed by atoms with Crippen LogP contribution in [0.15, 0.2) is 23.3 Å². The van der Waals surface area contributed by atoms with Crippen LogP contribution in [-0.2, 0) is 9.53 Å². The topological polar surface area (TPSA) is 120 Å². The Labute approximate surface area is 139 Å². The zero-order valence-corrected chi connectivity index (χ0v) is 13.9. The molecule has 8 nitrogen and oxygen atoms in total. The highest BCUT2D eigenvalue weighted by Gasteiger charge is 2.54. The number of aliphatic hydroxyl groups is 1. The third kappa shape index (κ3) is 2.80. The van der Waals surface area contributed by atoms with Crippen LogP contribution < -0.4 is 0 Å². The van der Waals surface area contributed by atoms with E-state index >= 15 is 0 Å². The van der Waals surface area contributed by atoms with Crippen molar-refractivity contribution in [3.05, 3.63) is 23.8 Å². The molecule has 24 heavy (non-hydrogen) atoms. The van der Waals surface area contributed by atoms with Crippen LogP contribution in [-0.4, -0.2) is 50.8 Å². The lowest BCUT2D eigenvalue weighted by Gasteiger charge is -2.41. The van der Waals surface area contributed by atoms with Crippen molar-refractivity contribution in [1.82, 2.24) is 5.01 Å². The molecule has 0 saturated carbocycles. The van der Waals surface area contributed by atoms with Crippen LogP contribution in [0.25, 0.3) is 0 Å². The number of nitrogens with zero attached hydrogens (tertiary/aromatic N) is 2. The van der Waals surface area contributed by atoms with Crippen LogP contribution in [0.3, 0.4) is 0 Å². The number of hydrogen-bond donors (Lipinski definition) is 3. The Kier molecular flexibility index (Phi) is 4.28. The molecule has 1 heterocycles. The number of aromatic hydroxyl groups is 2. The molecule has 1 atom stereocenters. The number of phenolic OH excluding ortho intramolecular Hbond substituents is 2. The molecule has 1 amide bonds. The lowest BCUT2D eigenvalue weighted by atomic mass is 9.80. The summed E-state index contributed by atoms with van der Waals surface area (Å²) in [4.78, 5) is 24.5. The number of phenols is 2. The van der Waals surface area contributed by atoms with E-state index in [1.807, 2.05) is 0 Å². The number of rotatable bonds is 2. The fraction of sp³-hybridized carbons (Fsp3) is 0.438. The normalized spacial score (nSPS) is 20.7. The second kappa shape index (κ2) is 5.79. The van der Waals surface area contributed by atoms with Gasteiger partial charge in [-0.25, -0.2) is 4.79 Å². The van der Waals surface area contributed by atoms with Crippen molar-refractivity contribution in [1.29, 1.82) is 0 Å². The fourth-order valence-corrected chi connectivity index (χ4v) is 2.39. The van der Waals surface area contributed by atoms with Gasteiger partial charge in [-0.05, 0) is 12.1 Å². The van der Waals surface area contributed by atoms with E-state index in [0.717, 1.165) is 11.1 Å². The summed E-state index contributed by atoms with van der Waals surface area (Å²) < 4.78 is 4.61. The molecule has 0 fully saturated rings. The molecule has 0 saturated heterocycles. The van der Waals surface area contributed by atoms with Crippen molar-refractivity contribution in [2.24, 2.45) is 10.5 Å². The summed E-state index contributed by atoms with van der Waals surface area (Å²) in [6, 6.07) is 3.44. The first-order chi connectivity index (χ1) is 11.0. The van der Waals surface area contributed by atoms with Gasteiger partial charge < -0.3 is 20.1 Å². The Hall–Kier alpha value is -2.61. The van der Waals surface area contributed by atoms with Gasteiger partial charge in [-0.2, -0.15) is 10.1 Å². The van der Waals surface area contributed by atoms with E-state index in [4.69, 9.17) is 0 Å². The number of amides is 1. The van der Waals surface area contributed by atoms with Crippen molar-refractivity contribution in [2.75, 3.05) is 7.11 Å². The minimum absolute atomic E-state index is 0.0958. The van der Waals surface area contributed by atoms with Gasteiger partial charge in [0, 0.05) is 17.9 Å². The average Bonchev–Trinajstić information content (AvgIpc) is 2.85. The van der Waals surface area contributed by atoms with Gasteiger partial charge in [-0.15, -0.1) is 0 Å². The van der Waals surface area contributed by atoms with E-state index in [1.54, 1.807) is 20.8 Å². The Morgan fingerprint density at radius 1 is 1.29 bits per heavy atom. The van der Waals surface area contributed by atoms with E-state index in [0.29, 0.717) is 0 Å². The van der Waals surface area contributed by atoms with Crippen LogP contribution in [0.4, 0.5) is 0 Å². The number of ether oxygens (including phenoxy) is 1. The van der Waals surface area contributed by atoms with Crippen molar-refractivity contribution in [3.63, 3.8) is 0 Å². The molecule has 0 aromatic heterocycles. The third-order valence-corrected chi connectivity index (χ3v) is 4.01. The number of esters is 1. The lowest BCUT2D eigenvalue weighted by Crippen LogP contribution is -2.55. The summed E-state index contributed by atoms with van der Waals surface area (Å²) in [6.07, 6.45) is -0.201. The number of hydrogen-bond acceptors (Lipinski definition) is 7. The number of carbonyl (C=O) groups is 2. The molecule has 8 heteroatoms. The van der Waals surface area contributed by atoms with Crippen LogP contribution in [0.5, 0.6) is 11.5 Å². The number of hydrazone groups is 1. The Bertz CT molecular complexity index is 722. The highest BCUT2D eigenvalue weighted by molar-refractivity contribution is 6.37. The molecule has 2 rings (SSSR count). The monoisotopic (exact) mass is 336 g/mol. The summed E-state index contributed by atoms with van der Waals surface area (Å²) in [7, 11) is 1.18. The average molecular weight is 336 g/mol. The number of carbonyl (C=O) groups excluding carboxylic acids is 2. The van der Waals surface area contributed by atoms with Crippen LogP contribution in [0, 0.1) is 5.41 Å². The standard InChI is InChI=1S/C16H20N2O6/c1-15(2,3)16(23)8-11(14(22)24-4)17-18(16)13(21)10-6-5-9(19)7-12(10)20/h5-7,19-20,23H,8H2,1-4H3. The molecule has 3 N–H and O–H groups in total. The maximum absolute atomic E-state index is 12.8. The Morgan fingerprint density at radius 3 is 2.42 bits per heavy atom. The molecule has 1 aromatic rings. The molecular formula is C16H20N2O6. The van der Waals surface area contributed by atoms with Crippen LogP contribution >= 0.6 is 0 Å². The van der Waals surface area contributed by atoms with Gasteiger partial charge >= 0.3 is 5.97 Å². The van der Waals surface area contributed by atoms with E-state index in [1.165, 1.54) is 19.2 Å². The smallest absolute Gasteiger partial charge is 0.354 e. The highest BCUT2D eigenvalue weighted by Crippen LogP contribution is 2.42. The van der Waals surface area contributed by atoms with Gasteiger partial charge in [0.15, 0.2) is 11.4 Å². The number of methoxy groups -OCH3 is 1. The first-order valence-electron chi connectivity index (χ1n) is 7.26. The molecule has 1 aliphatic heterocycles. The van der Waals surface area contributed by atoms with Gasteiger partial charge in [0.05, 0.1) is 12.7 Å².